The van der Waals surface area contributed by atoms with Crippen LogP contribution in [-0.2, 0) is 22.7 Å². The average molecular weight is 462 g/mol. The highest BCUT2D eigenvalue weighted by atomic mass is 19.2. The topological polar surface area (TPSA) is 61.7 Å². The molecule has 0 fully saturated rings. The van der Waals surface area contributed by atoms with E-state index in [4.69, 9.17) is 0 Å². The van der Waals surface area contributed by atoms with Crippen molar-refractivity contribution in [3.05, 3.63) is 47.5 Å². The first-order valence-corrected chi connectivity index (χ1v) is 11.5. The van der Waals surface area contributed by atoms with Crippen molar-refractivity contribution in [2.45, 2.75) is 52.6 Å². The van der Waals surface area contributed by atoms with Gasteiger partial charge in [0.05, 0.1) is 5.69 Å². The zero-order valence-electron chi connectivity index (χ0n) is 19.7. The van der Waals surface area contributed by atoms with Gasteiger partial charge in [-0.05, 0) is 51.5 Å². The third kappa shape index (κ3) is 6.37. The number of hydrogen-bond acceptors (Lipinski definition) is 4. The predicted molar refractivity (Wildman–Crippen MR) is 123 cm³/mol. The van der Waals surface area contributed by atoms with Crippen molar-refractivity contribution in [2.75, 3.05) is 38.1 Å². The molecule has 0 unspecified atom stereocenters. The molecule has 0 atom stereocenters. The zero-order valence-corrected chi connectivity index (χ0v) is 19.7. The normalized spacial score (nSPS) is 16.2. The van der Waals surface area contributed by atoms with Crippen LogP contribution in [0.3, 0.4) is 0 Å². The van der Waals surface area contributed by atoms with Crippen LogP contribution in [0.5, 0.6) is 0 Å². The lowest BCUT2D eigenvalue weighted by molar-refractivity contribution is -0.132. The predicted octanol–water partition coefficient (Wildman–Crippen LogP) is 3.36. The highest BCUT2D eigenvalue weighted by molar-refractivity contribution is 5.94. The summed E-state index contributed by atoms with van der Waals surface area (Å²) < 4.78 is 30.4. The molecule has 180 valence electrons. The summed E-state index contributed by atoms with van der Waals surface area (Å²) in [6.07, 6.45) is 5.52. The maximum atomic E-state index is 14.2. The summed E-state index contributed by atoms with van der Waals surface area (Å²) in [5, 5.41) is 0. The van der Waals surface area contributed by atoms with Crippen molar-refractivity contribution >= 4 is 17.5 Å². The van der Waals surface area contributed by atoms with Gasteiger partial charge in [0.15, 0.2) is 11.6 Å². The monoisotopic (exact) mass is 461 g/mol. The summed E-state index contributed by atoms with van der Waals surface area (Å²) in [5.41, 5.74) is 0.782. The number of carbonyl (C=O) groups excluding carboxylic acids is 2. The van der Waals surface area contributed by atoms with Gasteiger partial charge in [-0.15, -0.1) is 0 Å². The number of fused-ring (bicyclic) bond motifs is 1. The molecule has 9 heteroatoms. The van der Waals surface area contributed by atoms with Crippen LogP contribution >= 0.6 is 0 Å². The molecule has 0 aliphatic carbocycles. The SMILES string of the molecule is CCC(=O)N1CCCN(C)CCCN(C(=O)CCn2ccnc2C)Cc2cc(F)c(F)cc21. The number of aryl methyl sites for hydroxylation is 2. The van der Waals surface area contributed by atoms with Gasteiger partial charge in [-0.1, -0.05) is 6.92 Å². The number of benzene rings is 1. The van der Waals surface area contributed by atoms with Gasteiger partial charge in [-0.25, -0.2) is 13.8 Å². The molecular weight excluding hydrogens is 428 g/mol. The van der Waals surface area contributed by atoms with Crippen LogP contribution in [0.4, 0.5) is 14.5 Å². The fraction of sp³-hybridized carbons (Fsp3) is 0.542. The van der Waals surface area contributed by atoms with Crippen LogP contribution in [0.25, 0.3) is 0 Å². The molecule has 1 aromatic carbocycles. The lowest BCUT2D eigenvalue weighted by Crippen LogP contribution is -2.38. The van der Waals surface area contributed by atoms with E-state index in [9.17, 15) is 18.4 Å². The second-order valence-electron chi connectivity index (χ2n) is 8.54. The van der Waals surface area contributed by atoms with Crippen molar-refractivity contribution in [1.82, 2.24) is 19.4 Å². The Hall–Kier alpha value is -2.81. The molecule has 1 aliphatic rings. The van der Waals surface area contributed by atoms with Crippen molar-refractivity contribution < 1.29 is 18.4 Å². The van der Waals surface area contributed by atoms with E-state index < -0.39 is 11.6 Å². The second kappa shape index (κ2) is 11.4. The number of halogens is 2. The van der Waals surface area contributed by atoms with E-state index in [1.54, 1.807) is 18.0 Å². The highest BCUT2D eigenvalue weighted by Crippen LogP contribution is 2.27. The number of rotatable bonds is 4. The van der Waals surface area contributed by atoms with Gasteiger partial charge in [0.2, 0.25) is 11.8 Å². The van der Waals surface area contributed by atoms with Crippen LogP contribution in [0, 0.1) is 18.6 Å². The molecule has 0 N–H and O–H groups in total. The molecule has 3 rings (SSSR count). The van der Waals surface area contributed by atoms with Crippen molar-refractivity contribution in [3.63, 3.8) is 0 Å². The molecule has 1 aromatic heterocycles. The van der Waals surface area contributed by atoms with Gasteiger partial charge in [0, 0.05) is 57.5 Å². The van der Waals surface area contributed by atoms with E-state index >= 15 is 0 Å². The number of amides is 2. The fourth-order valence-electron chi connectivity index (χ4n) is 4.18. The first kappa shape index (κ1) is 24.8. The van der Waals surface area contributed by atoms with Gasteiger partial charge in [0.1, 0.15) is 5.82 Å². The van der Waals surface area contributed by atoms with E-state index in [-0.39, 0.29) is 31.2 Å². The van der Waals surface area contributed by atoms with Crippen molar-refractivity contribution in [2.24, 2.45) is 0 Å². The van der Waals surface area contributed by atoms with Crippen molar-refractivity contribution in [3.8, 4) is 0 Å². The Bertz CT molecular complexity index is 978. The zero-order chi connectivity index (χ0) is 24.0. The lowest BCUT2D eigenvalue weighted by Gasteiger charge is -2.31. The maximum absolute atomic E-state index is 14.2. The summed E-state index contributed by atoms with van der Waals surface area (Å²) in [4.78, 5) is 35.4. The molecule has 2 heterocycles. The highest BCUT2D eigenvalue weighted by Gasteiger charge is 2.24. The molecule has 2 amide bonds. The molecule has 0 saturated carbocycles. The molecule has 33 heavy (non-hydrogen) atoms. The van der Waals surface area contributed by atoms with E-state index in [1.165, 1.54) is 4.90 Å². The van der Waals surface area contributed by atoms with Crippen LogP contribution in [0.1, 0.15) is 44.0 Å². The van der Waals surface area contributed by atoms with Crippen LogP contribution < -0.4 is 4.90 Å². The minimum Gasteiger partial charge on any atom is -0.338 e. The number of imidazole rings is 1. The van der Waals surface area contributed by atoms with Gasteiger partial charge in [-0.2, -0.15) is 0 Å². The van der Waals surface area contributed by atoms with E-state index in [2.05, 4.69) is 9.88 Å². The van der Waals surface area contributed by atoms with Gasteiger partial charge in [-0.3, -0.25) is 9.59 Å². The van der Waals surface area contributed by atoms with Crippen LogP contribution in [0.2, 0.25) is 0 Å². The quantitative estimate of drug-likeness (QED) is 0.701. The Morgan fingerprint density at radius 1 is 1.03 bits per heavy atom. The van der Waals surface area contributed by atoms with Crippen molar-refractivity contribution in [1.29, 1.82) is 0 Å². The summed E-state index contributed by atoms with van der Waals surface area (Å²) in [5.74, 6) is -1.39. The number of hydrogen-bond donors (Lipinski definition) is 0. The smallest absolute Gasteiger partial charge is 0.226 e. The third-order valence-corrected chi connectivity index (χ3v) is 6.11. The van der Waals surface area contributed by atoms with E-state index in [0.29, 0.717) is 37.3 Å². The molecular formula is C24H33F2N5O2. The Balaban J connectivity index is 1.92. The van der Waals surface area contributed by atoms with E-state index in [1.807, 2.05) is 24.7 Å². The molecule has 0 spiro atoms. The van der Waals surface area contributed by atoms with Gasteiger partial charge in [0.25, 0.3) is 0 Å². The van der Waals surface area contributed by atoms with Gasteiger partial charge >= 0.3 is 0 Å². The summed E-state index contributed by atoms with van der Waals surface area (Å²) in [6, 6.07) is 2.21. The Morgan fingerprint density at radius 3 is 2.39 bits per heavy atom. The Morgan fingerprint density at radius 2 is 1.73 bits per heavy atom. The first-order chi connectivity index (χ1) is 15.8. The summed E-state index contributed by atoms with van der Waals surface area (Å²) in [6.45, 7) is 6.70. The van der Waals surface area contributed by atoms with Crippen LogP contribution in [0.15, 0.2) is 24.5 Å². The molecule has 7 nitrogen and oxygen atoms in total. The van der Waals surface area contributed by atoms with Crippen LogP contribution in [-0.4, -0.2) is 64.4 Å². The summed E-state index contributed by atoms with van der Waals surface area (Å²) >= 11 is 0. The number of aromatic nitrogens is 2. The first-order valence-electron chi connectivity index (χ1n) is 11.5. The molecule has 0 bridgehead atoms. The molecule has 0 radical (unpaired) electrons. The fourth-order valence-corrected chi connectivity index (χ4v) is 4.18. The van der Waals surface area contributed by atoms with E-state index in [0.717, 1.165) is 37.5 Å². The maximum Gasteiger partial charge on any atom is 0.226 e. The number of anilines is 1. The second-order valence-corrected chi connectivity index (χ2v) is 8.54. The Labute approximate surface area is 194 Å². The van der Waals surface area contributed by atoms with Gasteiger partial charge < -0.3 is 19.3 Å². The molecule has 1 aliphatic heterocycles. The molecule has 2 aromatic rings. The number of nitrogens with zero attached hydrogens (tertiary/aromatic N) is 5. The minimum absolute atomic E-state index is 0.0770. The third-order valence-electron chi connectivity index (χ3n) is 6.11. The lowest BCUT2D eigenvalue weighted by atomic mass is 10.1. The largest absolute Gasteiger partial charge is 0.338 e. The standard InChI is InChI=1S/C24H33F2N5O2/c1-4-23(32)31-12-6-10-28(3)9-5-11-30(17-19-15-20(25)21(26)16-22(19)31)24(33)7-13-29-14-8-27-18(29)2/h8,14-16H,4-7,9-13,17H2,1-3H3. The summed E-state index contributed by atoms with van der Waals surface area (Å²) in [7, 11) is 2.01. The average Bonchev–Trinajstić information content (AvgIpc) is 3.20. The Kier molecular flexibility index (Phi) is 8.55. The number of carbonyl (C=O) groups is 2. The molecule has 0 saturated heterocycles. The minimum atomic E-state index is -1.000.